The maximum atomic E-state index is 12.1. The van der Waals surface area contributed by atoms with Crippen LogP contribution in [0.1, 0.15) is 32.1 Å². The summed E-state index contributed by atoms with van der Waals surface area (Å²) in [5, 5.41) is 0. The first-order valence-electron chi connectivity index (χ1n) is 6.02. The van der Waals surface area contributed by atoms with Crippen LogP contribution in [0.15, 0.2) is 0 Å². The molecule has 1 saturated carbocycles. The Morgan fingerprint density at radius 1 is 1.21 bits per heavy atom. The maximum absolute atomic E-state index is 12.1. The first-order valence-corrected chi connectivity index (χ1v) is 7.42. The summed E-state index contributed by atoms with van der Waals surface area (Å²) in [5.74, 6) is -0.756. The van der Waals surface area contributed by atoms with E-state index in [1.807, 2.05) is 0 Å². The van der Waals surface area contributed by atoms with Gasteiger partial charge >= 0.3 is 15.6 Å². The molecule has 0 aromatic heterocycles. The molecule has 1 spiro atoms. The molecule has 112 valence electrons. The van der Waals surface area contributed by atoms with Crippen molar-refractivity contribution in [1.82, 2.24) is 0 Å². The Morgan fingerprint density at radius 3 is 2.42 bits per heavy atom. The minimum Gasteiger partial charge on any atom is -0.347 e. The molecule has 19 heavy (non-hydrogen) atoms. The monoisotopic (exact) mass is 304 g/mol. The SMILES string of the molecule is O=S(=O)(OC[C@H]1COC2(CCCCC2)O1)C(F)(F)F. The molecule has 0 radical (unpaired) electrons. The van der Waals surface area contributed by atoms with Gasteiger partial charge in [0, 0.05) is 12.8 Å². The van der Waals surface area contributed by atoms with E-state index >= 15 is 0 Å². The summed E-state index contributed by atoms with van der Waals surface area (Å²) in [6, 6.07) is 0. The molecule has 2 rings (SSSR count). The molecule has 1 saturated heterocycles. The Balaban J connectivity index is 1.86. The van der Waals surface area contributed by atoms with E-state index in [0.29, 0.717) is 12.8 Å². The van der Waals surface area contributed by atoms with Crippen molar-refractivity contribution in [3.8, 4) is 0 Å². The van der Waals surface area contributed by atoms with Gasteiger partial charge in [-0.25, -0.2) is 0 Å². The van der Waals surface area contributed by atoms with Gasteiger partial charge in [-0.3, -0.25) is 4.18 Å². The fraction of sp³-hybridized carbons (Fsp3) is 1.00. The van der Waals surface area contributed by atoms with E-state index in [4.69, 9.17) is 9.47 Å². The second-order valence-corrected chi connectivity index (χ2v) is 6.31. The second-order valence-electron chi connectivity index (χ2n) is 4.71. The van der Waals surface area contributed by atoms with Crippen LogP contribution in [0.4, 0.5) is 13.2 Å². The molecule has 1 atom stereocenters. The lowest BCUT2D eigenvalue weighted by Crippen LogP contribution is -2.35. The molecule has 5 nitrogen and oxygen atoms in total. The minimum atomic E-state index is -5.56. The predicted octanol–water partition coefficient (Wildman–Crippen LogP) is 1.93. The normalized spacial score (nSPS) is 27.8. The topological polar surface area (TPSA) is 61.8 Å². The molecule has 0 unspecified atom stereocenters. The Kier molecular flexibility index (Phi) is 4.10. The fourth-order valence-electron chi connectivity index (χ4n) is 2.28. The lowest BCUT2D eigenvalue weighted by molar-refractivity contribution is -0.189. The van der Waals surface area contributed by atoms with Crippen molar-refractivity contribution < 1.29 is 35.2 Å². The third-order valence-corrected chi connectivity index (χ3v) is 4.23. The van der Waals surface area contributed by atoms with Gasteiger partial charge in [0.25, 0.3) is 0 Å². The lowest BCUT2D eigenvalue weighted by atomic mass is 9.94. The maximum Gasteiger partial charge on any atom is 0.523 e. The van der Waals surface area contributed by atoms with E-state index in [2.05, 4.69) is 4.18 Å². The van der Waals surface area contributed by atoms with E-state index in [1.165, 1.54) is 0 Å². The van der Waals surface area contributed by atoms with E-state index in [9.17, 15) is 21.6 Å². The van der Waals surface area contributed by atoms with Crippen molar-refractivity contribution in [3.05, 3.63) is 0 Å². The summed E-state index contributed by atoms with van der Waals surface area (Å²) >= 11 is 0. The van der Waals surface area contributed by atoms with E-state index in [-0.39, 0.29) is 6.61 Å². The van der Waals surface area contributed by atoms with Crippen molar-refractivity contribution in [2.75, 3.05) is 13.2 Å². The Labute approximate surface area is 109 Å². The number of halogens is 3. The predicted molar refractivity (Wildman–Crippen MR) is 57.6 cm³/mol. The summed E-state index contributed by atoms with van der Waals surface area (Å²) in [7, 11) is -5.56. The standard InChI is InChI=1S/C10H15F3O5S/c11-10(12,13)19(14,15)17-7-8-6-16-9(18-8)4-2-1-3-5-9/h8H,1-7H2/t8-/m1/s1. The van der Waals surface area contributed by atoms with Gasteiger partial charge in [0.05, 0.1) is 13.2 Å². The Morgan fingerprint density at radius 2 is 1.84 bits per heavy atom. The highest BCUT2D eigenvalue weighted by atomic mass is 32.2. The van der Waals surface area contributed by atoms with Gasteiger partial charge in [-0.2, -0.15) is 21.6 Å². The average molecular weight is 304 g/mol. The second kappa shape index (κ2) is 5.19. The van der Waals surface area contributed by atoms with Gasteiger partial charge in [-0.1, -0.05) is 6.42 Å². The Bertz CT molecular complexity index is 413. The molecular weight excluding hydrogens is 289 g/mol. The average Bonchev–Trinajstić information content (AvgIpc) is 2.70. The van der Waals surface area contributed by atoms with Gasteiger partial charge in [0.1, 0.15) is 6.10 Å². The summed E-state index contributed by atoms with van der Waals surface area (Å²) in [5.41, 5.74) is -5.41. The van der Waals surface area contributed by atoms with Gasteiger partial charge < -0.3 is 9.47 Å². The van der Waals surface area contributed by atoms with Gasteiger partial charge in [0.15, 0.2) is 5.79 Å². The highest BCUT2D eigenvalue weighted by Crippen LogP contribution is 2.38. The number of alkyl halides is 3. The summed E-state index contributed by atoms with van der Waals surface area (Å²) in [6.45, 7) is -0.628. The number of hydrogen-bond donors (Lipinski definition) is 0. The van der Waals surface area contributed by atoms with Crippen molar-refractivity contribution >= 4 is 10.1 Å². The van der Waals surface area contributed by atoms with Crippen molar-refractivity contribution in [2.45, 2.75) is 49.5 Å². The molecule has 0 bridgehead atoms. The van der Waals surface area contributed by atoms with E-state index in [1.54, 1.807) is 0 Å². The molecule has 2 fully saturated rings. The van der Waals surface area contributed by atoms with Gasteiger partial charge in [-0.05, 0) is 12.8 Å². The quantitative estimate of drug-likeness (QED) is 0.589. The van der Waals surface area contributed by atoms with Crippen molar-refractivity contribution in [3.63, 3.8) is 0 Å². The molecule has 0 aromatic carbocycles. The molecule has 0 amide bonds. The van der Waals surface area contributed by atoms with Crippen LogP contribution < -0.4 is 0 Å². The molecule has 1 aliphatic heterocycles. The lowest BCUT2D eigenvalue weighted by Gasteiger charge is -2.31. The number of hydrogen-bond acceptors (Lipinski definition) is 5. The Hall–Kier alpha value is -0.380. The van der Waals surface area contributed by atoms with Crippen molar-refractivity contribution in [1.29, 1.82) is 0 Å². The first kappa shape index (κ1) is 15.0. The number of rotatable bonds is 3. The van der Waals surface area contributed by atoms with Gasteiger partial charge in [0.2, 0.25) is 0 Å². The highest BCUT2D eigenvalue weighted by Gasteiger charge is 2.49. The first-order chi connectivity index (χ1) is 8.74. The summed E-state index contributed by atoms with van der Waals surface area (Å²) in [6.07, 6.45) is 3.49. The number of ether oxygens (including phenoxy) is 2. The largest absolute Gasteiger partial charge is 0.523 e. The zero-order valence-electron chi connectivity index (χ0n) is 10.1. The molecule has 2 aliphatic rings. The molecule has 0 N–H and O–H groups in total. The zero-order valence-corrected chi connectivity index (χ0v) is 10.9. The minimum absolute atomic E-state index is 0.0490. The third kappa shape index (κ3) is 3.39. The van der Waals surface area contributed by atoms with E-state index < -0.39 is 34.1 Å². The third-order valence-electron chi connectivity index (χ3n) is 3.22. The van der Waals surface area contributed by atoms with Crippen LogP contribution in [0.2, 0.25) is 0 Å². The highest BCUT2D eigenvalue weighted by molar-refractivity contribution is 7.87. The molecule has 0 aromatic rings. The van der Waals surface area contributed by atoms with E-state index in [0.717, 1.165) is 19.3 Å². The summed E-state index contributed by atoms with van der Waals surface area (Å²) < 4.78 is 72.6. The molecule has 9 heteroatoms. The van der Waals surface area contributed by atoms with Crippen molar-refractivity contribution in [2.24, 2.45) is 0 Å². The molecular formula is C10H15F3O5S. The zero-order chi connectivity index (χ0) is 14.1. The van der Waals surface area contributed by atoms with Crippen LogP contribution in [0.5, 0.6) is 0 Å². The smallest absolute Gasteiger partial charge is 0.347 e. The summed E-state index contributed by atoms with van der Waals surface area (Å²) in [4.78, 5) is 0. The van der Waals surface area contributed by atoms with Gasteiger partial charge in [-0.15, -0.1) is 0 Å². The van der Waals surface area contributed by atoms with Crippen LogP contribution in [-0.4, -0.2) is 39.0 Å². The fourth-order valence-corrected chi connectivity index (χ4v) is 2.75. The molecule has 1 heterocycles. The van der Waals surface area contributed by atoms with Crippen LogP contribution >= 0.6 is 0 Å². The van der Waals surface area contributed by atoms with Crippen LogP contribution in [-0.2, 0) is 23.8 Å². The van der Waals surface area contributed by atoms with Crippen LogP contribution in [0, 0.1) is 0 Å². The van der Waals surface area contributed by atoms with Crippen LogP contribution in [0.3, 0.4) is 0 Å². The van der Waals surface area contributed by atoms with Crippen LogP contribution in [0.25, 0.3) is 0 Å². The molecule has 1 aliphatic carbocycles.